The standard InChI is InChI=1S/C17H31N5O2/c1-14(21-6-8-24-9-7-21)11-19-16(18-2)22-5-3-4-17(13-22)10-15(23)20-12-17/h14H,3-13H2,1-2H3,(H,18,19)(H,20,23). The highest BCUT2D eigenvalue weighted by atomic mass is 16.5. The summed E-state index contributed by atoms with van der Waals surface area (Å²) in [5.74, 6) is 1.16. The Hall–Kier alpha value is -1.34. The van der Waals surface area contributed by atoms with E-state index in [9.17, 15) is 4.79 Å². The maximum Gasteiger partial charge on any atom is 0.220 e. The fourth-order valence-corrected chi connectivity index (χ4v) is 4.15. The van der Waals surface area contributed by atoms with Crippen LogP contribution in [0.15, 0.2) is 4.99 Å². The summed E-state index contributed by atoms with van der Waals surface area (Å²) in [5, 5.41) is 6.55. The summed E-state index contributed by atoms with van der Waals surface area (Å²) in [5.41, 5.74) is 0.1000. The molecule has 0 aromatic rings. The Morgan fingerprint density at radius 1 is 1.42 bits per heavy atom. The third-order valence-electron chi connectivity index (χ3n) is 5.59. The number of piperidine rings is 1. The molecule has 0 aliphatic carbocycles. The molecule has 3 heterocycles. The van der Waals surface area contributed by atoms with Crippen LogP contribution in [-0.4, -0.2) is 87.2 Å². The van der Waals surface area contributed by atoms with Gasteiger partial charge in [0.1, 0.15) is 0 Å². The first-order chi connectivity index (χ1) is 11.6. The zero-order valence-corrected chi connectivity index (χ0v) is 15.0. The molecule has 2 unspecified atom stereocenters. The number of carbonyl (C=O) groups is 1. The topological polar surface area (TPSA) is 69.2 Å². The van der Waals surface area contributed by atoms with Crippen molar-refractivity contribution in [1.82, 2.24) is 20.4 Å². The number of ether oxygens (including phenoxy) is 1. The average Bonchev–Trinajstić information content (AvgIpc) is 2.96. The highest BCUT2D eigenvalue weighted by Crippen LogP contribution is 2.35. The molecule has 3 saturated heterocycles. The summed E-state index contributed by atoms with van der Waals surface area (Å²) < 4.78 is 5.43. The number of amides is 1. The van der Waals surface area contributed by atoms with E-state index in [4.69, 9.17) is 4.74 Å². The molecular formula is C17H31N5O2. The van der Waals surface area contributed by atoms with Crippen LogP contribution in [0.5, 0.6) is 0 Å². The van der Waals surface area contributed by atoms with E-state index in [0.717, 1.165) is 71.3 Å². The van der Waals surface area contributed by atoms with E-state index in [1.807, 2.05) is 7.05 Å². The van der Waals surface area contributed by atoms with E-state index < -0.39 is 0 Å². The number of likely N-dealkylation sites (tertiary alicyclic amines) is 1. The van der Waals surface area contributed by atoms with Crippen LogP contribution in [0.3, 0.4) is 0 Å². The Labute approximate surface area is 144 Å². The van der Waals surface area contributed by atoms with Gasteiger partial charge in [-0.25, -0.2) is 0 Å². The Kier molecular flexibility index (Phi) is 5.61. The Morgan fingerprint density at radius 3 is 2.88 bits per heavy atom. The zero-order chi connectivity index (χ0) is 17.0. The van der Waals surface area contributed by atoms with Crippen molar-refractivity contribution >= 4 is 11.9 Å². The van der Waals surface area contributed by atoms with E-state index in [-0.39, 0.29) is 11.3 Å². The van der Waals surface area contributed by atoms with Crippen LogP contribution < -0.4 is 10.6 Å². The third-order valence-corrected chi connectivity index (χ3v) is 5.59. The summed E-state index contributed by atoms with van der Waals surface area (Å²) in [6, 6.07) is 0.458. The van der Waals surface area contributed by atoms with Gasteiger partial charge in [-0.1, -0.05) is 0 Å². The minimum atomic E-state index is 0.1000. The molecule has 7 heteroatoms. The minimum Gasteiger partial charge on any atom is -0.379 e. The molecule has 136 valence electrons. The molecule has 2 atom stereocenters. The van der Waals surface area contributed by atoms with Crippen molar-refractivity contribution in [3.05, 3.63) is 0 Å². The molecule has 7 nitrogen and oxygen atoms in total. The Bertz CT molecular complexity index is 478. The number of rotatable bonds is 3. The van der Waals surface area contributed by atoms with Gasteiger partial charge in [-0.2, -0.15) is 0 Å². The lowest BCUT2D eigenvalue weighted by Gasteiger charge is -2.41. The molecule has 3 fully saturated rings. The van der Waals surface area contributed by atoms with Crippen molar-refractivity contribution in [2.75, 3.05) is 59.5 Å². The SMILES string of the molecule is CN=C(NCC(C)N1CCOCC1)N1CCCC2(CNC(=O)C2)C1. The predicted octanol–water partition coefficient (Wildman–Crippen LogP) is -0.115. The van der Waals surface area contributed by atoms with Crippen molar-refractivity contribution in [3.8, 4) is 0 Å². The first kappa shape index (κ1) is 17.5. The fourth-order valence-electron chi connectivity index (χ4n) is 4.15. The molecule has 3 aliphatic rings. The largest absolute Gasteiger partial charge is 0.379 e. The van der Waals surface area contributed by atoms with Crippen LogP contribution in [0.1, 0.15) is 26.2 Å². The molecule has 3 rings (SSSR count). The van der Waals surface area contributed by atoms with Crippen molar-refractivity contribution in [3.63, 3.8) is 0 Å². The van der Waals surface area contributed by atoms with Gasteiger partial charge in [0.25, 0.3) is 0 Å². The Balaban J connectivity index is 1.53. The Morgan fingerprint density at radius 2 is 2.21 bits per heavy atom. The van der Waals surface area contributed by atoms with Crippen molar-refractivity contribution < 1.29 is 9.53 Å². The molecule has 0 bridgehead atoms. The van der Waals surface area contributed by atoms with Crippen LogP contribution >= 0.6 is 0 Å². The molecule has 0 aromatic heterocycles. The van der Waals surface area contributed by atoms with Crippen molar-refractivity contribution in [1.29, 1.82) is 0 Å². The molecule has 1 amide bonds. The average molecular weight is 337 g/mol. The highest BCUT2D eigenvalue weighted by Gasteiger charge is 2.42. The molecule has 0 radical (unpaired) electrons. The van der Waals surface area contributed by atoms with E-state index in [2.05, 4.69) is 32.3 Å². The number of guanidine groups is 1. The summed E-state index contributed by atoms with van der Waals surface area (Å²) in [6.45, 7) is 9.53. The van der Waals surface area contributed by atoms with Gasteiger partial charge in [-0.3, -0.25) is 14.7 Å². The monoisotopic (exact) mass is 337 g/mol. The van der Waals surface area contributed by atoms with Crippen LogP contribution in [0.4, 0.5) is 0 Å². The molecular weight excluding hydrogens is 306 g/mol. The van der Waals surface area contributed by atoms with Gasteiger partial charge in [0.05, 0.1) is 13.2 Å². The number of nitrogens with one attached hydrogen (secondary N) is 2. The lowest BCUT2D eigenvalue weighted by Crippen LogP contribution is -2.54. The summed E-state index contributed by atoms with van der Waals surface area (Å²) in [4.78, 5) is 20.9. The second kappa shape index (κ2) is 7.70. The second-order valence-electron chi connectivity index (χ2n) is 7.40. The predicted molar refractivity (Wildman–Crippen MR) is 94.1 cm³/mol. The fraction of sp³-hybridized carbons (Fsp3) is 0.882. The van der Waals surface area contributed by atoms with Gasteiger partial charge < -0.3 is 20.3 Å². The number of hydrogen-bond donors (Lipinski definition) is 2. The first-order valence-corrected chi connectivity index (χ1v) is 9.16. The van der Waals surface area contributed by atoms with Gasteiger partial charge in [-0.15, -0.1) is 0 Å². The maximum absolute atomic E-state index is 11.7. The minimum absolute atomic E-state index is 0.1000. The molecule has 3 aliphatic heterocycles. The third kappa shape index (κ3) is 4.00. The number of carbonyl (C=O) groups excluding carboxylic acids is 1. The van der Waals surface area contributed by atoms with E-state index in [1.165, 1.54) is 0 Å². The summed E-state index contributed by atoms with van der Waals surface area (Å²) >= 11 is 0. The maximum atomic E-state index is 11.7. The second-order valence-corrected chi connectivity index (χ2v) is 7.40. The van der Waals surface area contributed by atoms with Crippen LogP contribution in [0.25, 0.3) is 0 Å². The van der Waals surface area contributed by atoms with E-state index in [1.54, 1.807) is 0 Å². The van der Waals surface area contributed by atoms with Crippen LogP contribution in [-0.2, 0) is 9.53 Å². The quantitative estimate of drug-likeness (QED) is 0.555. The van der Waals surface area contributed by atoms with E-state index in [0.29, 0.717) is 12.5 Å². The van der Waals surface area contributed by atoms with Gasteiger partial charge in [0.2, 0.25) is 5.91 Å². The van der Waals surface area contributed by atoms with E-state index >= 15 is 0 Å². The number of aliphatic imine (C=N–C) groups is 1. The number of morpholine rings is 1. The number of hydrogen-bond acceptors (Lipinski definition) is 4. The molecule has 2 N–H and O–H groups in total. The van der Waals surface area contributed by atoms with Gasteiger partial charge in [0, 0.05) is 64.2 Å². The van der Waals surface area contributed by atoms with Gasteiger partial charge >= 0.3 is 0 Å². The van der Waals surface area contributed by atoms with Crippen LogP contribution in [0, 0.1) is 5.41 Å². The molecule has 0 saturated carbocycles. The van der Waals surface area contributed by atoms with Crippen molar-refractivity contribution in [2.24, 2.45) is 10.4 Å². The van der Waals surface area contributed by atoms with Crippen LogP contribution in [0.2, 0.25) is 0 Å². The lowest BCUT2D eigenvalue weighted by atomic mass is 9.79. The zero-order valence-electron chi connectivity index (χ0n) is 15.0. The van der Waals surface area contributed by atoms with Gasteiger partial charge in [0.15, 0.2) is 5.96 Å². The molecule has 1 spiro atoms. The number of nitrogens with zero attached hydrogens (tertiary/aromatic N) is 3. The first-order valence-electron chi connectivity index (χ1n) is 9.16. The van der Waals surface area contributed by atoms with Gasteiger partial charge in [-0.05, 0) is 19.8 Å². The lowest BCUT2D eigenvalue weighted by molar-refractivity contribution is -0.119. The normalized spacial score (nSPS) is 30.5. The molecule has 24 heavy (non-hydrogen) atoms. The highest BCUT2D eigenvalue weighted by molar-refractivity contribution is 5.81. The molecule has 0 aromatic carbocycles. The smallest absolute Gasteiger partial charge is 0.220 e. The summed E-state index contributed by atoms with van der Waals surface area (Å²) in [6.07, 6.45) is 2.91. The van der Waals surface area contributed by atoms with Crippen molar-refractivity contribution in [2.45, 2.75) is 32.2 Å². The summed E-state index contributed by atoms with van der Waals surface area (Å²) in [7, 11) is 1.85.